The highest BCUT2D eigenvalue weighted by atomic mass is 16.6. The molecule has 0 unspecified atom stereocenters. The van der Waals surface area contributed by atoms with Crippen molar-refractivity contribution in [1.29, 1.82) is 0 Å². The molecule has 3 aromatic rings. The van der Waals surface area contributed by atoms with Gasteiger partial charge in [-0.05, 0) is 82.6 Å². The summed E-state index contributed by atoms with van der Waals surface area (Å²) in [5, 5.41) is 6.81. The maximum Gasteiger partial charge on any atom is 0.407 e. The van der Waals surface area contributed by atoms with Gasteiger partial charge in [0, 0.05) is 29.6 Å². The number of primary amides is 1. The van der Waals surface area contributed by atoms with Crippen LogP contribution >= 0.6 is 0 Å². The number of para-hydroxylation sites is 1. The fourth-order valence-corrected chi connectivity index (χ4v) is 4.83. The largest absolute Gasteiger partial charge is 0.444 e. The quantitative estimate of drug-likeness (QED) is 0.405. The second kappa shape index (κ2) is 11.6. The molecule has 0 aliphatic heterocycles. The van der Waals surface area contributed by atoms with Crippen molar-refractivity contribution in [2.45, 2.75) is 52.1 Å². The summed E-state index contributed by atoms with van der Waals surface area (Å²) < 4.78 is 5.32. The van der Waals surface area contributed by atoms with Gasteiger partial charge in [0.1, 0.15) is 5.60 Å². The molecule has 8 nitrogen and oxygen atoms in total. The fourth-order valence-electron chi connectivity index (χ4n) is 4.83. The van der Waals surface area contributed by atoms with E-state index in [4.69, 9.17) is 15.5 Å². The predicted molar refractivity (Wildman–Crippen MR) is 148 cm³/mol. The summed E-state index contributed by atoms with van der Waals surface area (Å²) in [4.78, 5) is 41.4. The first-order valence-electron chi connectivity index (χ1n) is 13.1. The molecule has 1 heterocycles. The van der Waals surface area contributed by atoms with Crippen molar-refractivity contribution in [3.05, 3.63) is 65.7 Å². The van der Waals surface area contributed by atoms with E-state index < -0.39 is 11.5 Å². The molecule has 2 aromatic carbocycles. The Balaban J connectivity index is 1.37. The molecule has 1 saturated carbocycles. The van der Waals surface area contributed by atoms with Gasteiger partial charge in [-0.25, -0.2) is 9.78 Å². The molecule has 1 aliphatic carbocycles. The number of aromatic nitrogens is 1. The maximum absolute atomic E-state index is 13.3. The average molecular weight is 517 g/mol. The minimum atomic E-state index is -0.504. The van der Waals surface area contributed by atoms with Crippen LogP contribution < -0.4 is 16.4 Å². The molecule has 0 spiro atoms. The van der Waals surface area contributed by atoms with E-state index in [1.54, 1.807) is 30.3 Å². The minimum Gasteiger partial charge on any atom is -0.444 e. The Morgan fingerprint density at radius 2 is 1.53 bits per heavy atom. The minimum absolute atomic E-state index is 0.132. The fraction of sp³-hybridized carbons (Fsp3) is 0.400. The van der Waals surface area contributed by atoms with Crippen LogP contribution in [0.1, 0.15) is 67.2 Å². The highest BCUT2D eigenvalue weighted by molar-refractivity contribution is 6.07. The first-order valence-corrected chi connectivity index (χ1v) is 13.1. The Hall–Kier alpha value is -3.94. The van der Waals surface area contributed by atoms with E-state index in [2.05, 4.69) is 10.6 Å². The molecule has 1 fully saturated rings. The van der Waals surface area contributed by atoms with Crippen LogP contribution in [0.4, 0.5) is 4.79 Å². The van der Waals surface area contributed by atoms with Gasteiger partial charge in [-0.15, -0.1) is 0 Å². The van der Waals surface area contributed by atoms with Gasteiger partial charge in [0.25, 0.3) is 5.91 Å². The van der Waals surface area contributed by atoms with Gasteiger partial charge >= 0.3 is 6.09 Å². The molecular formula is C30H36N4O4. The molecule has 1 aromatic heterocycles. The molecule has 200 valence electrons. The summed E-state index contributed by atoms with van der Waals surface area (Å²) in [6.07, 6.45) is 3.62. The van der Waals surface area contributed by atoms with Crippen molar-refractivity contribution in [3.63, 3.8) is 0 Å². The van der Waals surface area contributed by atoms with E-state index >= 15 is 0 Å². The number of carbonyl (C=O) groups is 3. The average Bonchev–Trinajstić information content (AvgIpc) is 2.89. The Kier molecular flexibility index (Phi) is 8.29. The first kappa shape index (κ1) is 27.1. The number of carbonyl (C=O) groups excluding carboxylic acids is 3. The van der Waals surface area contributed by atoms with Gasteiger partial charge in [0.2, 0.25) is 5.91 Å². The lowest BCUT2D eigenvalue weighted by Gasteiger charge is -2.29. The normalized spacial score (nSPS) is 17.6. The number of fused-ring (bicyclic) bond motifs is 1. The third-order valence-electron chi connectivity index (χ3n) is 6.88. The summed E-state index contributed by atoms with van der Waals surface area (Å²) in [6, 6.07) is 16.3. The van der Waals surface area contributed by atoms with E-state index in [0.29, 0.717) is 41.7 Å². The topological polar surface area (TPSA) is 123 Å². The molecule has 8 heteroatoms. The zero-order chi connectivity index (χ0) is 27.3. The van der Waals surface area contributed by atoms with Crippen LogP contribution in [0.3, 0.4) is 0 Å². The number of nitrogens with two attached hydrogens (primary N) is 1. The van der Waals surface area contributed by atoms with Crippen molar-refractivity contribution in [1.82, 2.24) is 15.6 Å². The van der Waals surface area contributed by atoms with Crippen LogP contribution in [0.5, 0.6) is 0 Å². The standard InChI is InChI=1S/C30H36N4O4/c1-30(2,3)38-29(37)33-18-20-10-8-19(9-11-20)17-32-28(36)24-16-26(34-25-7-5-4-6-23(24)25)21-12-14-22(15-13-21)27(31)35/h4-7,12-16,19-20H,8-11,17-18H2,1-3H3,(H2,31,35)(H,32,36)(H,33,37)/t19-,20-. The number of rotatable bonds is 7. The lowest BCUT2D eigenvalue weighted by atomic mass is 9.82. The molecule has 0 bridgehead atoms. The van der Waals surface area contributed by atoms with Gasteiger partial charge in [-0.3, -0.25) is 9.59 Å². The van der Waals surface area contributed by atoms with Crippen molar-refractivity contribution in [3.8, 4) is 11.3 Å². The molecular weight excluding hydrogens is 480 g/mol. The van der Waals surface area contributed by atoms with E-state index in [1.807, 2.05) is 45.0 Å². The number of nitrogens with zero attached hydrogens (tertiary/aromatic N) is 1. The molecule has 4 N–H and O–H groups in total. The van der Waals surface area contributed by atoms with Crippen molar-refractivity contribution < 1.29 is 19.1 Å². The lowest BCUT2D eigenvalue weighted by molar-refractivity contribution is 0.0512. The molecule has 38 heavy (non-hydrogen) atoms. The lowest BCUT2D eigenvalue weighted by Crippen LogP contribution is -2.37. The number of alkyl carbamates (subject to hydrolysis) is 1. The Morgan fingerprint density at radius 3 is 2.13 bits per heavy atom. The van der Waals surface area contributed by atoms with Gasteiger partial charge in [-0.1, -0.05) is 30.3 Å². The van der Waals surface area contributed by atoms with Gasteiger partial charge in [0.15, 0.2) is 0 Å². The van der Waals surface area contributed by atoms with Gasteiger partial charge < -0.3 is 21.1 Å². The third kappa shape index (κ3) is 7.09. The third-order valence-corrected chi connectivity index (χ3v) is 6.88. The molecule has 3 amide bonds. The second-order valence-electron chi connectivity index (χ2n) is 11.0. The van der Waals surface area contributed by atoms with Crippen molar-refractivity contribution >= 4 is 28.8 Å². The zero-order valence-electron chi connectivity index (χ0n) is 22.3. The van der Waals surface area contributed by atoms with Crippen LogP contribution in [-0.4, -0.2) is 41.6 Å². The van der Waals surface area contributed by atoms with Gasteiger partial charge in [0.05, 0.1) is 16.8 Å². The van der Waals surface area contributed by atoms with Crippen molar-refractivity contribution in [2.24, 2.45) is 17.6 Å². The highest BCUT2D eigenvalue weighted by Crippen LogP contribution is 2.29. The monoisotopic (exact) mass is 516 g/mol. The number of hydrogen-bond acceptors (Lipinski definition) is 5. The number of benzene rings is 2. The Labute approximate surface area is 223 Å². The molecule has 4 rings (SSSR count). The smallest absolute Gasteiger partial charge is 0.407 e. The summed E-state index contributed by atoms with van der Waals surface area (Å²) in [5.74, 6) is 0.191. The summed E-state index contributed by atoms with van der Waals surface area (Å²) in [5.41, 5.74) is 8.03. The van der Waals surface area contributed by atoms with Crippen LogP contribution in [0.25, 0.3) is 22.2 Å². The SMILES string of the molecule is CC(C)(C)OC(=O)NC[C@H]1CC[C@H](CNC(=O)c2cc(-c3ccc(C(N)=O)cc3)nc3ccccc23)CC1. The number of pyridine rings is 1. The van der Waals surface area contributed by atoms with Crippen molar-refractivity contribution in [2.75, 3.05) is 13.1 Å². The molecule has 1 aliphatic rings. The Morgan fingerprint density at radius 1 is 0.921 bits per heavy atom. The molecule has 0 saturated heterocycles. The van der Waals surface area contributed by atoms with E-state index in [0.717, 1.165) is 42.1 Å². The van der Waals surface area contributed by atoms with E-state index in [1.165, 1.54) is 0 Å². The number of ether oxygens (including phenoxy) is 1. The van der Waals surface area contributed by atoms with E-state index in [-0.39, 0.29) is 12.0 Å². The number of nitrogens with one attached hydrogen (secondary N) is 2. The second-order valence-corrected chi connectivity index (χ2v) is 11.0. The maximum atomic E-state index is 13.3. The van der Waals surface area contributed by atoms with Crippen LogP contribution in [0.2, 0.25) is 0 Å². The Bertz CT molecular complexity index is 1310. The zero-order valence-corrected chi connectivity index (χ0v) is 22.3. The highest BCUT2D eigenvalue weighted by Gasteiger charge is 2.24. The van der Waals surface area contributed by atoms with Crippen LogP contribution in [0.15, 0.2) is 54.6 Å². The van der Waals surface area contributed by atoms with Crippen LogP contribution in [-0.2, 0) is 4.74 Å². The number of hydrogen-bond donors (Lipinski definition) is 3. The predicted octanol–water partition coefficient (Wildman–Crippen LogP) is 5.06. The summed E-state index contributed by atoms with van der Waals surface area (Å²) in [7, 11) is 0. The molecule has 0 atom stereocenters. The summed E-state index contributed by atoms with van der Waals surface area (Å²) in [6.45, 7) is 6.77. The van der Waals surface area contributed by atoms with Crippen LogP contribution in [0, 0.1) is 11.8 Å². The first-order chi connectivity index (χ1) is 18.1. The summed E-state index contributed by atoms with van der Waals surface area (Å²) >= 11 is 0. The van der Waals surface area contributed by atoms with E-state index in [9.17, 15) is 14.4 Å². The molecule has 0 radical (unpaired) electrons. The number of amides is 3. The van der Waals surface area contributed by atoms with Gasteiger partial charge in [-0.2, -0.15) is 0 Å².